The van der Waals surface area contributed by atoms with E-state index in [0.717, 1.165) is 0 Å². The molecule has 1 aromatic rings. The van der Waals surface area contributed by atoms with E-state index >= 15 is 0 Å². The largest absolute Gasteiger partial charge is 0.490 e. The molecule has 0 saturated carbocycles. The van der Waals surface area contributed by atoms with E-state index in [1.54, 1.807) is 20.8 Å². The Morgan fingerprint density at radius 2 is 1.82 bits per heavy atom. The normalized spacial score (nSPS) is 14.1. The predicted molar refractivity (Wildman–Crippen MR) is 101 cm³/mol. The number of benzene rings is 1. The number of fused-ring (bicyclic) bond motifs is 1. The summed E-state index contributed by atoms with van der Waals surface area (Å²) in [6, 6.07) is 4.33. The van der Waals surface area contributed by atoms with Crippen LogP contribution in [0.3, 0.4) is 0 Å². The van der Waals surface area contributed by atoms with Crippen molar-refractivity contribution in [2.45, 2.75) is 44.0 Å². The highest BCUT2D eigenvalue weighted by molar-refractivity contribution is 7.89. The van der Waals surface area contributed by atoms with Gasteiger partial charge in [-0.05, 0) is 32.9 Å². The molecule has 2 N–H and O–H groups in total. The number of rotatable bonds is 7. The fraction of sp³-hybridized carbons (Fsp3) is 0.556. The molecule has 10 heteroatoms. The summed E-state index contributed by atoms with van der Waals surface area (Å²) in [5.41, 5.74) is -0.429. The van der Waals surface area contributed by atoms with Crippen molar-refractivity contribution in [3.63, 3.8) is 0 Å². The average molecular weight is 414 g/mol. The van der Waals surface area contributed by atoms with Crippen LogP contribution in [-0.4, -0.2) is 52.2 Å². The highest BCUT2D eigenvalue weighted by atomic mass is 32.2. The molecule has 0 fully saturated rings. The minimum atomic E-state index is -3.83. The number of carbonyl (C=O) groups excluding carboxylic acids is 2. The summed E-state index contributed by atoms with van der Waals surface area (Å²) < 4.78 is 42.9. The molecule has 1 aliphatic rings. The van der Waals surface area contributed by atoms with Gasteiger partial charge in [0.1, 0.15) is 0 Å². The Balaban J connectivity index is 1.82. The van der Waals surface area contributed by atoms with Crippen molar-refractivity contribution in [1.29, 1.82) is 0 Å². The van der Waals surface area contributed by atoms with Gasteiger partial charge in [0, 0.05) is 24.6 Å². The molecular weight excluding hydrogens is 388 g/mol. The van der Waals surface area contributed by atoms with Gasteiger partial charge in [0.2, 0.25) is 10.0 Å². The third-order valence-corrected chi connectivity index (χ3v) is 4.99. The molecule has 0 saturated heterocycles. The van der Waals surface area contributed by atoms with Crippen molar-refractivity contribution in [3.8, 4) is 11.5 Å². The summed E-state index contributed by atoms with van der Waals surface area (Å²) in [5.74, 6) is -0.239. The van der Waals surface area contributed by atoms with E-state index < -0.39 is 34.0 Å². The molecule has 28 heavy (non-hydrogen) atoms. The molecule has 0 atom stereocenters. The van der Waals surface area contributed by atoms with Crippen LogP contribution >= 0.6 is 0 Å². The number of esters is 1. The number of sulfonamides is 1. The maximum Gasteiger partial charge on any atom is 0.307 e. The third-order valence-electron chi connectivity index (χ3n) is 3.53. The summed E-state index contributed by atoms with van der Waals surface area (Å²) in [6.45, 7) is 5.80. The zero-order valence-electron chi connectivity index (χ0n) is 16.2. The van der Waals surface area contributed by atoms with E-state index in [4.69, 9.17) is 14.2 Å². The number of nitrogens with one attached hydrogen (secondary N) is 2. The van der Waals surface area contributed by atoms with Crippen molar-refractivity contribution in [2.24, 2.45) is 0 Å². The minimum absolute atomic E-state index is 0.00896. The molecule has 0 bridgehead atoms. The molecule has 1 aromatic carbocycles. The molecule has 0 unspecified atom stereocenters. The van der Waals surface area contributed by atoms with Crippen LogP contribution in [0.15, 0.2) is 23.1 Å². The third kappa shape index (κ3) is 7.01. The summed E-state index contributed by atoms with van der Waals surface area (Å²) in [7, 11) is -3.83. The van der Waals surface area contributed by atoms with Gasteiger partial charge in [-0.1, -0.05) is 0 Å². The first-order valence-corrected chi connectivity index (χ1v) is 10.4. The smallest absolute Gasteiger partial charge is 0.307 e. The lowest BCUT2D eigenvalue weighted by Crippen LogP contribution is -2.42. The highest BCUT2D eigenvalue weighted by Gasteiger charge is 2.19. The van der Waals surface area contributed by atoms with E-state index in [9.17, 15) is 18.0 Å². The van der Waals surface area contributed by atoms with Gasteiger partial charge in [-0.3, -0.25) is 9.59 Å². The molecule has 0 aromatic heterocycles. The number of hydrogen-bond acceptors (Lipinski definition) is 7. The van der Waals surface area contributed by atoms with Crippen molar-refractivity contribution in [1.82, 2.24) is 10.0 Å². The summed E-state index contributed by atoms with van der Waals surface area (Å²) in [5, 5.41) is 2.66. The van der Waals surface area contributed by atoms with Gasteiger partial charge >= 0.3 is 5.97 Å². The maximum absolute atomic E-state index is 12.4. The van der Waals surface area contributed by atoms with Crippen LogP contribution in [0.2, 0.25) is 0 Å². The van der Waals surface area contributed by atoms with Gasteiger partial charge in [0.25, 0.3) is 5.91 Å². The summed E-state index contributed by atoms with van der Waals surface area (Å²) in [4.78, 5) is 23.3. The van der Waals surface area contributed by atoms with Gasteiger partial charge in [0.15, 0.2) is 18.1 Å². The standard InChI is InChI=1S/C18H26N2O7S/c1-18(2,3)20-16(21)12-27-17(22)7-8-19-28(23,24)13-5-6-14-15(11-13)26-10-4-9-25-14/h5-6,11,19H,4,7-10,12H2,1-3H3,(H,20,21). The Morgan fingerprint density at radius 1 is 1.14 bits per heavy atom. The first-order chi connectivity index (χ1) is 13.1. The molecule has 0 spiro atoms. The molecule has 156 valence electrons. The van der Waals surface area contributed by atoms with E-state index in [2.05, 4.69) is 10.0 Å². The van der Waals surface area contributed by atoms with Crippen LogP contribution < -0.4 is 19.5 Å². The zero-order chi connectivity index (χ0) is 20.8. The fourth-order valence-corrected chi connectivity index (χ4v) is 3.40. The topological polar surface area (TPSA) is 120 Å². The molecule has 1 amide bonds. The van der Waals surface area contributed by atoms with Crippen molar-refractivity contribution < 1.29 is 32.2 Å². The van der Waals surface area contributed by atoms with E-state index in [0.29, 0.717) is 31.1 Å². The Bertz CT molecular complexity index is 816. The van der Waals surface area contributed by atoms with E-state index in [1.165, 1.54) is 18.2 Å². The van der Waals surface area contributed by atoms with Crippen molar-refractivity contribution in [3.05, 3.63) is 18.2 Å². The van der Waals surface area contributed by atoms with Crippen molar-refractivity contribution in [2.75, 3.05) is 26.4 Å². The molecular formula is C18H26N2O7S. The van der Waals surface area contributed by atoms with Gasteiger partial charge in [-0.15, -0.1) is 0 Å². The summed E-state index contributed by atoms with van der Waals surface area (Å²) in [6.07, 6.45) is 0.511. The predicted octanol–water partition coefficient (Wildman–Crippen LogP) is 0.974. The lowest BCUT2D eigenvalue weighted by atomic mass is 10.1. The Morgan fingerprint density at radius 3 is 2.50 bits per heavy atom. The van der Waals surface area contributed by atoms with Crippen LogP contribution in [0.1, 0.15) is 33.6 Å². The van der Waals surface area contributed by atoms with Crippen LogP contribution in [-0.2, 0) is 24.3 Å². The Hall–Kier alpha value is -2.33. The van der Waals surface area contributed by atoms with Crippen molar-refractivity contribution >= 4 is 21.9 Å². The monoisotopic (exact) mass is 414 g/mol. The number of hydrogen-bond donors (Lipinski definition) is 2. The van der Waals surface area contributed by atoms with Gasteiger partial charge < -0.3 is 19.5 Å². The lowest BCUT2D eigenvalue weighted by Gasteiger charge is -2.20. The van der Waals surface area contributed by atoms with Crippen LogP contribution in [0.5, 0.6) is 11.5 Å². The van der Waals surface area contributed by atoms with E-state index in [1.807, 2.05) is 0 Å². The lowest BCUT2D eigenvalue weighted by molar-refractivity contribution is -0.148. The first-order valence-electron chi connectivity index (χ1n) is 8.93. The van der Waals surface area contributed by atoms with Crippen LogP contribution in [0.25, 0.3) is 0 Å². The molecule has 0 radical (unpaired) electrons. The molecule has 1 heterocycles. The van der Waals surface area contributed by atoms with Gasteiger partial charge in [-0.25, -0.2) is 13.1 Å². The molecule has 0 aliphatic carbocycles. The maximum atomic E-state index is 12.4. The fourth-order valence-electron chi connectivity index (χ4n) is 2.35. The van der Waals surface area contributed by atoms with E-state index in [-0.39, 0.29) is 17.9 Å². The van der Waals surface area contributed by atoms with Crippen LogP contribution in [0, 0.1) is 0 Å². The van der Waals surface area contributed by atoms with Gasteiger partial charge in [-0.2, -0.15) is 0 Å². The number of ether oxygens (including phenoxy) is 3. The second kappa shape index (κ2) is 9.24. The quantitative estimate of drug-likeness (QED) is 0.638. The minimum Gasteiger partial charge on any atom is -0.490 e. The SMILES string of the molecule is CC(C)(C)NC(=O)COC(=O)CCNS(=O)(=O)c1ccc2c(c1)OCCCO2. The van der Waals surface area contributed by atoms with Gasteiger partial charge in [0.05, 0.1) is 24.5 Å². The Labute approximate surface area is 164 Å². The summed E-state index contributed by atoms with van der Waals surface area (Å²) >= 11 is 0. The second-order valence-corrected chi connectivity index (χ2v) is 9.03. The molecule has 2 rings (SSSR count). The number of amides is 1. The number of carbonyl (C=O) groups is 2. The average Bonchev–Trinajstić information content (AvgIpc) is 2.83. The Kier molecular flexibility index (Phi) is 7.25. The molecule has 9 nitrogen and oxygen atoms in total. The zero-order valence-corrected chi connectivity index (χ0v) is 17.1. The van der Waals surface area contributed by atoms with Crippen LogP contribution in [0.4, 0.5) is 0 Å². The second-order valence-electron chi connectivity index (χ2n) is 7.27. The first kappa shape index (κ1) is 22.0. The molecule has 1 aliphatic heterocycles. The highest BCUT2D eigenvalue weighted by Crippen LogP contribution is 2.31.